The average Bonchev–Trinajstić information content (AvgIpc) is 2.86. The molecule has 8 heteroatoms. The molecule has 108 valence electrons. The average molecular weight is 280 g/mol. The Morgan fingerprint density at radius 1 is 1.25 bits per heavy atom. The van der Waals surface area contributed by atoms with E-state index < -0.39 is 5.82 Å². The first-order chi connectivity index (χ1) is 9.51. The Kier molecular flexibility index (Phi) is 4.11. The topological polar surface area (TPSA) is 71.2 Å². The Morgan fingerprint density at radius 2 is 2.00 bits per heavy atom. The maximum atomic E-state index is 13.5. The van der Waals surface area contributed by atoms with Crippen molar-refractivity contribution in [2.24, 2.45) is 0 Å². The molecule has 0 saturated heterocycles. The monoisotopic (exact) mass is 280 g/mol. The Balaban J connectivity index is 2.16. The van der Waals surface area contributed by atoms with Crippen molar-refractivity contribution >= 4 is 11.8 Å². The number of nitrogens with zero attached hydrogens (tertiary/aromatic N) is 6. The number of hydrogen-bond acceptors (Lipinski definition) is 7. The van der Waals surface area contributed by atoms with Gasteiger partial charge in [0.05, 0.1) is 12.7 Å². The number of halogens is 1. The van der Waals surface area contributed by atoms with E-state index in [-0.39, 0.29) is 5.82 Å². The van der Waals surface area contributed by atoms with Crippen LogP contribution in [0.1, 0.15) is 18.6 Å². The Hall–Kier alpha value is -2.25. The van der Waals surface area contributed by atoms with Gasteiger partial charge in [-0.25, -0.2) is 9.37 Å². The molecule has 0 bridgehead atoms. The summed E-state index contributed by atoms with van der Waals surface area (Å²) in [5.74, 6) is 1.30. The molecule has 0 spiro atoms. The normalized spacial score (nSPS) is 10.7. The summed E-state index contributed by atoms with van der Waals surface area (Å²) in [5, 5.41) is 3.82. The summed E-state index contributed by atoms with van der Waals surface area (Å²) in [5.41, 5.74) is 0. The second-order valence-electron chi connectivity index (χ2n) is 4.55. The van der Waals surface area contributed by atoms with Crippen LogP contribution < -0.4 is 9.80 Å². The Morgan fingerprint density at radius 3 is 2.60 bits per heavy atom. The SMILES string of the molecule is CCc1noc(CN(C)c2ncc(F)c(N(C)C)n2)n1. The largest absolute Gasteiger partial charge is 0.360 e. The molecule has 0 aliphatic heterocycles. The second kappa shape index (κ2) is 5.81. The van der Waals surface area contributed by atoms with Crippen molar-refractivity contribution in [3.63, 3.8) is 0 Å². The molecule has 2 heterocycles. The second-order valence-corrected chi connectivity index (χ2v) is 4.55. The minimum Gasteiger partial charge on any atom is -0.360 e. The molecule has 20 heavy (non-hydrogen) atoms. The van der Waals surface area contributed by atoms with Gasteiger partial charge in [-0.05, 0) is 0 Å². The third-order valence-corrected chi connectivity index (χ3v) is 2.68. The summed E-state index contributed by atoms with van der Waals surface area (Å²) in [4.78, 5) is 15.7. The number of aryl methyl sites for hydroxylation is 1. The lowest BCUT2D eigenvalue weighted by Crippen LogP contribution is -2.22. The van der Waals surface area contributed by atoms with Gasteiger partial charge in [0.1, 0.15) is 0 Å². The van der Waals surface area contributed by atoms with Gasteiger partial charge in [-0.15, -0.1) is 0 Å². The van der Waals surface area contributed by atoms with Gasteiger partial charge < -0.3 is 14.3 Å². The van der Waals surface area contributed by atoms with E-state index in [2.05, 4.69) is 20.1 Å². The molecule has 0 aliphatic carbocycles. The first-order valence-corrected chi connectivity index (χ1v) is 6.23. The van der Waals surface area contributed by atoms with Crippen LogP contribution in [0, 0.1) is 5.82 Å². The lowest BCUT2D eigenvalue weighted by molar-refractivity contribution is 0.372. The van der Waals surface area contributed by atoms with E-state index in [9.17, 15) is 4.39 Å². The van der Waals surface area contributed by atoms with Crippen molar-refractivity contribution in [1.82, 2.24) is 20.1 Å². The van der Waals surface area contributed by atoms with Gasteiger partial charge in [0.2, 0.25) is 11.8 Å². The predicted octanol–water partition coefficient (Wildman–Crippen LogP) is 1.26. The Bertz CT molecular complexity index is 585. The highest BCUT2D eigenvalue weighted by atomic mass is 19.1. The maximum Gasteiger partial charge on any atom is 0.246 e. The van der Waals surface area contributed by atoms with E-state index in [0.29, 0.717) is 30.6 Å². The molecular formula is C12H17FN6O. The number of anilines is 2. The van der Waals surface area contributed by atoms with Crippen molar-refractivity contribution in [2.45, 2.75) is 19.9 Å². The summed E-state index contributed by atoms with van der Waals surface area (Å²) in [6.45, 7) is 2.32. The quantitative estimate of drug-likeness (QED) is 0.816. The van der Waals surface area contributed by atoms with Gasteiger partial charge in [-0.2, -0.15) is 9.97 Å². The van der Waals surface area contributed by atoms with E-state index >= 15 is 0 Å². The fraction of sp³-hybridized carbons (Fsp3) is 0.500. The van der Waals surface area contributed by atoms with Gasteiger partial charge >= 0.3 is 0 Å². The zero-order valence-electron chi connectivity index (χ0n) is 12.0. The number of aromatic nitrogens is 4. The van der Waals surface area contributed by atoms with Gasteiger partial charge in [-0.1, -0.05) is 12.1 Å². The van der Waals surface area contributed by atoms with E-state index in [1.807, 2.05) is 6.92 Å². The summed E-state index contributed by atoms with van der Waals surface area (Å²) in [7, 11) is 5.23. The van der Waals surface area contributed by atoms with Crippen LogP contribution in [0.3, 0.4) is 0 Å². The zero-order valence-corrected chi connectivity index (χ0v) is 12.0. The first-order valence-electron chi connectivity index (χ1n) is 6.23. The molecule has 2 aromatic rings. The van der Waals surface area contributed by atoms with Gasteiger partial charge in [0.15, 0.2) is 17.5 Å². The van der Waals surface area contributed by atoms with Crippen molar-refractivity contribution in [2.75, 3.05) is 30.9 Å². The molecule has 0 unspecified atom stereocenters. The minimum atomic E-state index is -0.460. The molecule has 0 N–H and O–H groups in total. The van der Waals surface area contributed by atoms with Crippen LogP contribution in [0.25, 0.3) is 0 Å². The Labute approximate surface area is 116 Å². The van der Waals surface area contributed by atoms with Crippen LogP contribution in [-0.4, -0.2) is 41.3 Å². The number of hydrogen-bond donors (Lipinski definition) is 0. The van der Waals surface area contributed by atoms with Crippen molar-refractivity contribution in [3.8, 4) is 0 Å². The zero-order chi connectivity index (χ0) is 14.7. The molecule has 2 rings (SSSR count). The molecule has 0 amide bonds. The highest BCUT2D eigenvalue weighted by Gasteiger charge is 2.14. The fourth-order valence-electron chi connectivity index (χ4n) is 1.62. The van der Waals surface area contributed by atoms with Gasteiger partial charge in [0, 0.05) is 27.6 Å². The molecule has 0 fully saturated rings. The summed E-state index contributed by atoms with van der Waals surface area (Å²) >= 11 is 0. The number of rotatable bonds is 5. The molecule has 0 aliphatic rings. The molecule has 0 atom stereocenters. The maximum absolute atomic E-state index is 13.5. The van der Waals surface area contributed by atoms with Crippen LogP contribution in [0.4, 0.5) is 16.2 Å². The van der Waals surface area contributed by atoms with Gasteiger partial charge in [-0.3, -0.25) is 0 Å². The third-order valence-electron chi connectivity index (χ3n) is 2.68. The summed E-state index contributed by atoms with van der Waals surface area (Å²) < 4.78 is 18.6. The summed E-state index contributed by atoms with van der Waals surface area (Å²) in [6, 6.07) is 0. The molecule has 2 aromatic heterocycles. The summed E-state index contributed by atoms with van der Waals surface area (Å²) in [6.07, 6.45) is 1.87. The highest BCUT2D eigenvalue weighted by Crippen LogP contribution is 2.17. The van der Waals surface area contributed by atoms with Crippen LogP contribution in [0.15, 0.2) is 10.7 Å². The van der Waals surface area contributed by atoms with E-state index in [0.717, 1.165) is 6.20 Å². The molecular weight excluding hydrogens is 263 g/mol. The van der Waals surface area contributed by atoms with E-state index in [1.54, 1.807) is 30.9 Å². The molecule has 7 nitrogen and oxygen atoms in total. The fourth-order valence-corrected chi connectivity index (χ4v) is 1.62. The predicted molar refractivity (Wildman–Crippen MR) is 72.1 cm³/mol. The van der Waals surface area contributed by atoms with Crippen molar-refractivity contribution < 1.29 is 8.91 Å². The van der Waals surface area contributed by atoms with Crippen molar-refractivity contribution in [1.29, 1.82) is 0 Å². The molecule has 0 aromatic carbocycles. The van der Waals surface area contributed by atoms with Crippen molar-refractivity contribution in [3.05, 3.63) is 23.7 Å². The first kappa shape index (κ1) is 14.2. The van der Waals surface area contributed by atoms with Crippen LogP contribution >= 0.6 is 0 Å². The smallest absolute Gasteiger partial charge is 0.246 e. The molecule has 0 radical (unpaired) electrons. The van der Waals surface area contributed by atoms with E-state index in [4.69, 9.17) is 4.52 Å². The minimum absolute atomic E-state index is 0.238. The van der Waals surface area contributed by atoms with Gasteiger partial charge in [0.25, 0.3) is 0 Å². The van der Waals surface area contributed by atoms with Crippen LogP contribution in [0.2, 0.25) is 0 Å². The standard InChI is InChI=1S/C12H17FN6O/c1-5-9-15-10(20-17-9)7-19(4)12-14-6-8(13)11(16-12)18(2)3/h6H,5,7H2,1-4H3. The third kappa shape index (κ3) is 3.01. The van der Waals surface area contributed by atoms with Crippen LogP contribution in [-0.2, 0) is 13.0 Å². The van der Waals surface area contributed by atoms with Crippen LogP contribution in [0.5, 0.6) is 0 Å². The lowest BCUT2D eigenvalue weighted by atomic mass is 10.4. The highest BCUT2D eigenvalue weighted by molar-refractivity contribution is 5.43. The lowest BCUT2D eigenvalue weighted by Gasteiger charge is -2.18. The molecule has 0 saturated carbocycles. The van der Waals surface area contributed by atoms with E-state index in [1.165, 1.54) is 0 Å².